The van der Waals surface area contributed by atoms with Crippen molar-refractivity contribution in [2.45, 2.75) is 153 Å². The highest BCUT2D eigenvalue weighted by Crippen LogP contribution is 2.34. The van der Waals surface area contributed by atoms with Crippen molar-refractivity contribution in [2.75, 3.05) is 40.3 Å². The van der Waals surface area contributed by atoms with Crippen molar-refractivity contribution in [1.82, 2.24) is 35.1 Å². The highest BCUT2D eigenvalue weighted by molar-refractivity contribution is 6.42. The Morgan fingerprint density at radius 3 is 1.42 bits per heavy atom. The van der Waals surface area contributed by atoms with E-state index in [1.807, 2.05) is 34.1 Å². The quantitative estimate of drug-likeness (QED) is 0.0845. The van der Waals surface area contributed by atoms with Crippen LogP contribution in [0.3, 0.4) is 0 Å². The van der Waals surface area contributed by atoms with Crippen LogP contribution in [-0.4, -0.2) is 137 Å². The molecule has 4 aliphatic heterocycles. The number of fused-ring (bicyclic) bond motifs is 2. The van der Waals surface area contributed by atoms with Crippen LogP contribution in [0.4, 0.5) is 0 Å². The molecule has 4 fully saturated rings. The molecule has 4 aromatic carbocycles. The summed E-state index contributed by atoms with van der Waals surface area (Å²) in [7, 11) is 4.19. The van der Waals surface area contributed by atoms with E-state index in [0.717, 1.165) is 69.2 Å². The van der Waals surface area contributed by atoms with Crippen LogP contribution in [0.2, 0.25) is 20.1 Å². The van der Waals surface area contributed by atoms with Gasteiger partial charge in [-0.15, -0.1) is 12.4 Å². The summed E-state index contributed by atoms with van der Waals surface area (Å²) in [6, 6.07) is 31.1. The third-order valence-electron chi connectivity index (χ3n) is 15.8. The molecule has 420 valence electrons. The summed E-state index contributed by atoms with van der Waals surface area (Å²) >= 11 is 24.4. The molecule has 17 heteroatoms. The molecule has 4 N–H and O–H groups in total. The molecule has 12 nitrogen and oxygen atoms in total. The molecular formula is C60H81Cl5N8O4. The zero-order valence-electron chi connectivity index (χ0n) is 45.7. The minimum atomic E-state index is -0.526. The number of aryl methyl sites for hydroxylation is 2. The number of nitrogens with one attached hydrogen (secondary N) is 2. The summed E-state index contributed by atoms with van der Waals surface area (Å²) in [6.45, 7) is 11.8. The number of halogens is 5. The standard InChI is InChI=1S/C31H42Cl2N4O2.C29H38Cl2N4O2.ClH/c1-21(2)16-28(30(38)34-19-23-11-13-26(32)27(33)17-23)36-15-14-24(12-10-22-8-6-5-7-9-22)37-20-25(35(3)4)18-29(37)31(36)39;1-19(2)14-26(28(36)33-17-21-9-11-24(30)25(31)15-21)34-13-12-23(10-8-20-6-4-3-5-7-20)35-18-22(32)16-27(35)29(34)37;/h5-9,11,13,17,21,24-25,28-29H,10,12,14-16,18-20H2,1-4H3,(H,34,38);3-7,9,11,15,19,22-23,26-27H,8,10,12-14,16-18,32H2,1-2H3,(H,33,36);1H/t24?,25-,28-,29+;22-,23?,26-,27+;/m11./s1. The molecule has 4 heterocycles. The lowest BCUT2D eigenvalue weighted by Crippen LogP contribution is -2.53. The van der Waals surface area contributed by atoms with E-state index in [4.69, 9.17) is 52.1 Å². The molecule has 0 bridgehead atoms. The number of benzene rings is 4. The minimum absolute atomic E-state index is 0. The fourth-order valence-electron chi connectivity index (χ4n) is 11.7. The van der Waals surface area contributed by atoms with Crippen LogP contribution in [0.1, 0.15) is 101 Å². The Hall–Kier alpha value is -3.95. The van der Waals surface area contributed by atoms with Crippen LogP contribution in [0.15, 0.2) is 97.1 Å². The molecule has 4 amide bonds. The first kappa shape index (κ1) is 62.3. The number of hydrogen-bond donors (Lipinski definition) is 3. The zero-order chi connectivity index (χ0) is 54.6. The van der Waals surface area contributed by atoms with Gasteiger partial charge in [0.05, 0.1) is 32.2 Å². The van der Waals surface area contributed by atoms with Gasteiger partial charge >= 0.3 is 0 Å². The molecule has 0 radical (unpaired) electrons. The highest BCUT2D eigenvalue weighted by Gasteiger charge is 2.48. The van der Waals surface area contributed by atoms with E-state index in [0.29, 0.717) is 77.6 Å². The lowest BCUT2D eigenvalue weighted by molar-refractivity contribution is -0.143. The first-order valence-electron chi connectivity index (χ1n) is 27.4. The van der Waals surface area contributed by atoms with Gasteiger partial charge in [-0.1, -0.05) is 147 Å². The fourth-order valence-corrected chi connectivity index (χ4v) is 12.3. The Morgan fingerprint density at radius 2 is 1.01 bits per heavy atom. The Kier molecular flexibility index (Phi) is 23.8. The largest absolute Gasteiger partial charge is 0.350 e. The Morgan fingerprint density at radius 1 is 0.597 bits per heavy atom. The van der Waals surface area contributed by atoms with E-state index in [1.54, 1.807) is 24.3 Å². The van der Waals surface area contributed by atoms with Gasteiger partial charge < -0.3 is 31.1 Å². The second-order valence-corrected chi connectivity index (χ2v) is 24.1. The molecule has 0 spiro atoms. The average Bonchev–Trinajstić information content (AvgIpc) is 3.98. The van der Waals surface area contributed by atoms with E-state index < -0.39 is 12.1 Å². The third-order valence-corrected chi connectivity index (χ3v) is 17.2. The smallest absolute Gasteiger partial charge is 0.243 e. The predicted molar refractivity (Wildman–Crippen MR) is 316 cm³/mol. The summed E-state index contributed by atoms with van der Waals surface area (Å²) < 4.78 is 0. The molecule has 8 rings (SSSR count). The lowest BCUT2D eigenvalue weighted by atomic mass is 9.99. The lowest BCUT2D eigenvalue weighted by Gasteiger charge is -2.33. The van der Waals surface area contributed by atoms with Crippen molar-refractivity contribution in [1.29, 1.82) is 0 Å². The predicted octanol–water partition coefficient (Wildman–Crippen LogP) is 10.3. The minimum Gasteiger partial charge on any atom is -0.350 e. The second kappa shape index (κ2) is 29.5. The van der Waals surface area contributed by atoms with Crippen molar-refractivity contribution in [3.05, 3.63) is 139 Å². The number of amides is 4. The van der Waals surface area contributed by atoms with Crippen LogP contribution in [0, 0.1) is 11.8 Å². The van der Waals surface area contributed by atoms with Gasteiger partial charge in [0.25, 0.3) is 0 Å². The SMILES string of the molecule is CC(C)C[C@H](C(=O)NCc1ccc(Cl)c(Cl)c1)N1CCC(CCc2ccccc2)N2C[C@H](N(C)C)C[C@H]2C1=O.CC(C)C[C@H](C(=O)NCc1ccc(Cl)c(Cl)c1)N1CCC(CCc2ccccc2)N2C[C@H](N)C[C@H]2C1=O.Cl. The molecule has 4 aliphatic rings. The molecule has 0 saturated carbocycles. The summed E-state index contributed by atoms with van der Waals surface area (Å²) in [5.41, 5.74) is 10.7. The van der Waals surface area contributed by atoms with Crippen molar-refractivity contribution in [2.24, 2.45) is 17.6 Å². The molecule has 2 unspecified atom stereocenters. The highest BCUT2D eigenvalue weighted by atomic mass is 35.5. The monoisotopic (exact) mass is 1150 g/mol. The van der Waals surface area contributed by atoms with Gasteiger partial charge in [-0.25, -0.2) is 0 Å². The molecule has 0 aliphatic carbocycles. The van der Waals surface area contributed by atoms with E-state index in [-0.39, 0.29) is 72.0 Å². The van der Waals surface area contributed by atoms with E-state index in [9.17, 15) is 19.2 Å². The third kappa shape index (κ3) is 17.0. The molecular weight excluding hydrogens is 1070 g/mol. The maximum atomic E-state index is 14.2. The number of nitrogens with zero attached hydrogens (tertiary/aromatic N) is 5. The first-order valence-corrected chi connectivity index (χ1v) is 28.9. The maximum Gasteiger partial charge on any atom is 0.243 e. The van der Waals surface area contributed by atoms with E-state index in [2.05, 4.69) is 116 Å². The molecule has 4 aromatic rings. The summed E-state index contributed by atoms with van der Waals surface area (Å²) in [5, 5.41) is 8.00. The zero-order valence-corrected chi connectivity index (χ0v) is 49.5. The summed E-state index contributed by atoms with van der Waals surface area (Å²) in [6.07, 6.45) is 8.25. The van der Waals surface area contributed by atoms with Gasteiger partial charge in [-0.2, -0.15) is 0 Å². The summed E-state index contributed by atoms with van der Waals surface area (Å²) in [4.78, 5) is 65.9. The summed E-state index contributed by atoms with van der Waals surface area (Å²) in [5.74, 6) is 0.407. The topological polar surface area (TPSA) is 135 Å². The normalized spacial score (nSPS) is 22.6. The van der Waals surface area contributed by atoms with Gasteiger partial charge in [-0.05, 0) is 137 Å². The second-order valence-electron chi connectivity index (χ2n) is 22.5. The van der Waals surface area contributed by atoms with Crippen molar-refractivity contribution >= 4 is 82.4 Å². The molecule has 0 aromatic heterocycles. The Bertz CT molecular complexity index is 2560. The van der Waals surface area contributed by atoms with Crippen LogP contribution < -0.4 is 16.4 Å². The van der Waals surface area contributed by atoms with Gasteiger partial charge in [0.15, 0.2) is 0 Å². The van der Waals surface area contributed by atoms with Crippen molar-refractivity contribution in [3.63, 3.8) is 0 Å². The maximum absolute atomic E-state index is 14.2. The first-order chi connectivity index (χ1) is 36.4. The van der Waals surface area contributed by atoms with Crippen LogP contribution in [-0.2, 0) is 45.1 Å². The number of nitrogens with two attached hydrogens (primary N) is 1. The van der Waals surface area contributed by atoms with Crippen LogP contribution in [0.25, 0.3) is 0 Å². The van der Waals surface area contributed by atoms with Crippen molar-refractivity contribution in [3.8, 4) is 0 Å². The molecule has 8 atom stereocenters. The van der Waals surface area contributed by atoms with Crippen molar-refractivity contribution < 1.29 is 19.2 Å². The Balaban J connectivity index is 0.000000247. The van der Waals surface area contributed by atoms with Crippen LogP contribution >= 0.6 is 58.8 Å². The fraction of sp³-hybridized carbons (Fsp3) is 0.533. The van der Waals surface area contributed by atoms with Gasteiger partial charge in [0, 0.05) is 63.4 Å². The number of likely N-dealkylation sites (N-methyl/N-ethyl adjacent to an activating group) is 1. The number of carbonyl (C=O) groups excluding carboxylic acids is 4. The number of hydrogen-bond acceptors (Lipinski definition) is 8. The molecule has 4 saturated heterocycles. The number of rotatable bonds is 19. The average molecular weight is 1160 g/mol. The van der Waals surface area contributed by atoms with Crippen LogP contribution in [0.5, 0.6) is 0 Å². The van der Waals surface area contributed by atoms with Gasteiger partial charge in [0.2, 0.25) is 23.6 Å². The van der Waals surface area contributed by atoms with E-state index in [1.165, 1.54) is 11.1 Å². The Labute approximate surface area is 484 Å². The van der Waals surface area contributed by atoms with Gasteiger partial charge in [0.1, 0.15) is 12.1 Å². The molecule has 77 heavy (non-hydrogen) atoms. The van der Waals surface area contributed by atoms with Gasteiger partial charge in [-0.3, -0.25) is 29.0 Å². The van der Waals surface area contributed by atoms with E-state index >= 15 is 0 Å². The number of carbonyl (C=O) groups is 4.